The van der Waals surface area contributed by atoms with E-state index in [1.165, 1.54) is 0 Å². The Morgan fingerprint density at radius 1 is 1.09 bits per heavy atom. The number of nitrogens with two attached hydrogens (primary N) is 1. The Hall–Kier alpha value is -3.98. The van der Waals surface area contributed by atoms with Gasteiger partial charge in [0.2, 0.25) is 11.8 Å². The van der Waals surface area contributed by atoms with E-state index in [1.54, 1.807) is 58.9 Å². The number of amides is 4. The molecule has 4 N–H and O–H groups in total. The van der Waals surface area contributed by atoms with Crippen molar-refractivity contribution in [2.45, 2.75) is 64.8 Å². The Labute approximate surface area is 194 Å². The Bertz CT molecular complexity index is 965. The van der Waals surface area contributed by atoms with E-state index in [2.05, 4.69) is 22.6 Å². The smallest absolute Gasteiger partial charge is 0.408 e. The number of hydrogen-bond acceptors (Lipinski definition) is 5. The molecule has 0 spiro atoms. The zero-order valence-electron chi connectivity index (χ0n) is 19.5. The van der Waals surface area contributed by atoms with E-state index in [0.717, 1.165) is 4.90 Å². The summed E-state index contributed by atoms with van der Waals surface area (Å²) in [6.45, 7) is 8.41. The molecule has 1 rings (SSSR count). The molecule has 0 saturated carbocycles. The van der Waals surface area contributed by atoms with Gasteiger partial charge < -0.3 is 21.1 Å². The molecule has 0 saturated heterocycles. The number of alkyl carbamates (subject to hydrolysis) is 1. The second-order valence-corrected chi connectivity index (χ2v) is 8.54. The lowest BCUT2D eigenvalue weighted by Gasteiger charge is -2.30. The highest BCUT2D eigenvalue weighted by molar-refractivity contribution is 5.95. The van der Waals surface area contributed by atoms with Gasteiger partial charge in [0.15, 0.2) is 0 Å². The summed E-state index contributed by atoms with van der Waals surface area (Å²) in [7, 11) is 0. The average Bonchev–Trinajstić information content (AvgIpc) is 2.68. The molecule has 2 atom stereocenters. The summed E-state index contributed by atoms with van der Waals surface area (Å²) in [6.07, 6.45) is 9.52. The van der Waals surface area contributed by atoms with Gasteiger partial charge in [0.1, 0.15) is 17.7 Å². The molecule has 1 aromatic carbocycles. The van der Waals surface area contributed by atoms with Gasteiger partial charge in [-0.1, -0.05) is 24.5 Å². The third-order valence-corrected chi connectivity index (χ3v) is 4.10. The molecule has 176 valence electrons. The summed E-state index contributed by atoms with van der Waals surface area (Å²) < 4.78 is 5.16. The number of terminal acetylenes is 2. The van der Waals surface area contributed by atoms with E-state index < -0.39 is 47.9 Å². The van der Waals surface area contributed by atoms with Gasteiger partial charge in [-0.3, -0.25) is 19.3 Å². The minimum absolute atomic E-state index is 0.249. The highest BCUT2D eigenvalue weighted by Crippen LogP contribution is 2.23. The van der Waals surface area contributed by atoms with Gasteiger partial charge >= 0.3 is 6.09 Å². The summed E-state index contributed by atoms with van der Waals surface area (Å²) in [4.78, 5) is 51.0. The van der Waals surface area contributed by atoms with Gasteiger partial charge in [-0.05, 0) is 52.3 Å². The number of benzene rings is 1. The molecular formula is C24H30N4O5. The minimum Gasteiger partial charge on any atom is -0.444 e. The molecular weight excluding hydrogens is 424 g/mol. The summed E-state index contributed by atoms with van der Waals surface area (Å²) in [6, 6.07) is 5.58. The number of primary amides is 1. The monoisotopic (exact) mass is 454 g/mol. The first-order valence-electron chi connectivity index (χ1n) is 10.2. The summed E-state index contributed by atoms with van der Waals surface area (Å²) in [5.41, 5.74) is 5.37. The van der Waals surface area contributed by atoms with Crippen molar-refractivity contribution >= 4 is 23.8 Å². The molecule has 33 heavy (non-hydrogen) atoms. The van der Waals surface area contributed by atoms with Crippen LogP contribution in [0.25, 0.3) is 0 Å². The summed E-state index contributed by atoms with van der Waals surface area (Å²) in [5, 5.41) is 5.04. The van der Waals surface area contributed by atoms with Crippen LogP contribution in [0.1, 0.15) is 58.2 Å². The van der Waals surface area contributed by atoms with Crippen LogP contribution in [0.5, 0.6) is 0 Å². The third kappa shape index (κ3) is 8.58. The fourth-order valence-electron chi connectivity index (χ4n) is 2.83. The highest BCUT2D eigenvalue weighted by Gasteiger charge is 2.36. The molecule has 0 aliphatic rings. The Morgan fingerprint density at radius 3 is 2.09 bits per heavy atom. The van der Waals surface area contributed by atoms with Crippen molar-refractivity contribution in [2.24, 2.45) is 5.73 Å². The normalized spacial score (nSPS) is 12.5. The number of carbonyl (C=O) groups excluding carboxylic acids is 4. The second-order valence-electron chi connectivity index (χ2n) is 8.54. The first-order valence-corrected chi connectivity index (χ1v) is 10.2. The lowest BCUT2D eigenvalue weighted by Crippen LogP contribution is -2.53. The minimum atomic E-state index is -1.45. The molecule has 0 fully saturated rings. The largest absolute Gasteiger partial charge is 0.444 e. The molecule has 9 heteroatoms. The predicted molar refractivity (Wildman–Crippen MR) is 123 cm³/mol. The van der Waals surface area contributed by atoms with Gasteiger partial charge in [0, 0.05) is 17.6 Å². The zero-order chi connectivity index (χ0) is 25.3. The lowest BCUT2D eigenvalue weighted by atomic mass is 10.0. The van der Waals surface area contributed by atoms with Crippen LogP contribution in [0.15, 0.2) is 24.3 Å². The van der Waals surface area contributed by atoms with Crippen molar-refractivity contribution in [3.8, 4) is 24.8 Å². The van der Waals surface area contributed by atoms with Crippen LogP contribution in [-0.4, -0.2) is 46.4 Å². The van der Waals surface area contributed by atoms with Crippen molar-refractivity contribution < 1.29 is 23.9 Å². The molecule has 4 amide bonds. The first-order chi connectivity index (χ1) is 15.3. The molecule has 0 bridgehead atoms. The predicted octanol–water partition coefficient (Wildman–Crippen LogP) is 1.42. The number of nitrogens with zero attached hydrogens (tertiary/aromatic N) is 1. The molecule has 0 aliphatic heterocycles. The number of rotatable bonds is 8. The van der Waals surface area contributed by atoms with Crippen LogP contribution < -0.4 is 16.4 Å². The topological polar surface area (TPSA) is 131 Å². The maximum atomic E-state index is 13.3. The van der Waals surface area contributed by atoms with Crippen LogP contribution in [0.3, 0.4) is 0 Å². The molecule has 0 aromatic heterocycles. The summed E-state index contributed by atoms with van der Waals surface area (Å²) >= 11 is 0. The molecule has 2 unspecified atom stereocenters. The zero-order valence-corrected chi connectivity index (χ0v) is 19.5. The quantitative estimate of drug-likeness (QED) is 0.404. The maximum Gasteiger partial charge on any atom is 0.408 e. The van der Waals surface area contributed by atoms with Crippen LogP contribution in [0.2, 0.25) is 0 Å². The van der Waals surface area contributed by atoms with Gasteiger partial charge in [-0.25, -0.2) is 4.79 Å². The first kappa shape index (κ1) is 27.1. The molecule has 1 aromatic rings. The molecule has 0 aliphatic carbocycles. The SMILES string of the molecule is C#Cc1ccc(C(C(=O)NC(C)C)N(C#C)C(=O)C(CC(N)=O)NC(=O)OC(C)(C)C)cc1. The van der Waals surface area contributed by atoms with E-state index >= 15 is 0 Å². The summed E-state index contributed by atoms with van der Waals surface area (Å²) in [5.74, 6) is 0.170. The molecule has 0 radical (unpaired) electrons. The van der Waals surface area contributed by atoms with Crippen molar-refractivity contribution in [3.63, 3.8) is 0 Å². The number of hydrogen-bond donors (Lipinski definition) is 3. The fourth-order valence-corrected chi connectivity index (χ4v) is 2.83. The highest BCUT2D eigenvalue weighted by atomic mass is 16.6. The van der Waals surface area contributed by atoms with Crippen LogP contribution >= 0.6 is 0 Å². The fraction of sp³-hybridized carbons (Fsp3) is 0.417. The van der Waals surface area contributed by atoms with Crippen molar-refractivity contribution in [1.82, 2.24) is 15.5 Å². The third-order valence-electron chi connectivity index (χ3n) is 4.10. The van der Waals surface area contributed by atoms with Crippen LogP contribution in [0.4, 0.5) is 4.79 Å². The average molecular weight is 455 g/mol. The number of carbonyl (C=O) groups is 4. The van der Waals surface area contributed by atoms with E-state index in [1.807, 2.05) is 0 Å². The van der Waals surface area contributed by atoms with Crippen molar-refractivity contribution in [1.29, 1.82) is 0 Å². The molecule has 0 heterocycles. The van der Waals surface area contributed by atoms with Gasteiger partial charge in [-0.2, -0.15) is 0 Å². The lowest BCUT2D eigenvalue weighted by molar-refractivity contribution is -0.139. The number of ether oxygens (including phenoxy) is 1. The molecule has 9 nitrogen and oxygen atoms in total. The maximum absolute atomic E-state index is 13.3. The Kier molecular flexibility index (Phi) is 9.50. The standard InChI is InChI=1S/C24H30N4O5/c1-8-16-10-12-17(13-11-16)20(21(30)26-15(3)4)28(9-2)22(31)18(14-19(25)29)27-23(32)33-24(5,6)7/h1-2,10-13,15,18,20H,14H2,3-7H3,(H2,25,29)(H,26,30)(H,27,32). The van der Waals surface area contributed by atoms with Gasteiger partial charge in [-0.15, -0.1) is 6.42 Å². The van der Waals surface area contributed by atoms with Crippen molar-refractivity contribution in [3.05, 3.63) is 35.4 Å². The Morgan fingerprint density at radius 2 is 1.67 bits per heavy atom. The van der Waals surface area contributed by atoms with Gasteiger partial charge in [0.05, 0.1) is 6.42 Å². The van der Waals surface area contributed by atoms with E-state index in [0.29, 0.717) is 11.1 Å². The van der Waals surface area contributed by atoms with E-state index in [4.69, 9.17) is 23.3 Å². The Balaban J connectivity index is 3.39. The van der Waals surface area contributed by atoms with Crippen LogP contribution in [0, 0.1) is 24.8 Å². The number of nitrogens with one attached hydrogen (secondary N) is 2. The van der Waals surface area contributed by atoms with E-state index in [-0.39, 0.29) is 6.04 Å². The van der Waals surface area contributed by atoms with Crippen LogP contribution in [-0.2, 0) is 19.1 Å². The van der Waals surface area contributed by atoms with Crippen molar-refractivity contribution in [2.75, 3.05) is 0 Å². The second kappa shape index (κ2) is 11.6. The van der Waals surface area contributed by atoms with E-state index in [9.17, 15) is 19.2 Å². The van der Waals surface area contributed by atoms with Gasteiger partial charge in [0.25, 0.3) is 5.91 Å².